The van der Waals surface area contributed by atoms with Gasteiger partial charge in [-0.25, -0.2) is 0 Å². The number of unbranched alkanes of at least 4 members (excludes halogenated alkanes) is 7. The second kappa shape index (κ2) is 14.5. The van der Waals surface area contributed by atoms with Gasteiger partial charge in [0.2, 0.25) is 0 Å². The second-order valence-corrected chi connectivity index (χ2v) is 4.51. The summed E-state index contributed by atoms with van der Waals surface area (Å²) in [5.41, 5.74) is 0. The number of hydrogen-bond acceptors (Lipinski definition) is 0. The Bertz CT molecular complexity index is 165. The van der Waals surface area contributed by atoms with Crippen LogP contribution in [0.15, 0.2) is 24.3 Å². The van der Waals surface area contributed by atoms with Crippen LogP contribution in [-0.4, -0.2) is 0 Å². The Hall–Kier alpha value is -0.520. The van der Waals surface area contributed by atoms with Crippen molar-refractivity contribution in [2.24, 2.45) is 0 Å². The first kappa shape index (κ1) is 15.5. The minimum atomic E-state index is 1.22. The van der Waals surface area contributed by atoms with E-state index in [1.165, 1.54) is 64.2 Å². The number of allylic oxidation sites excluding steroid dienone is 4. The summed E-state index contributed by atoms with van der Waals surface area (Å²) in [7, 11) is 0. The van der Waals surface area contributed by atoms with Gasteiger partial charge in [-0.15, -0.1) is 0 Å². The van der Waals surface area contributed by atoms with Gasteiger partial charge in [-0.05, 0) is 32.1 Å². The van der Waals surface area contributed by atoms with Crippen LogP contribution in [0.4, 0.5) is 0 Å². The molecule has 0 saturated heterocycles. The van der Waals surface area contributed by atoms with Crippen LogP contribution in [-0.2, 0) is 0 Å². The van der Waals surface area contributed by atoms with Crippen molar-refractivity contribution in [2.45, 2.75) is 78.1 Å². The van der Waals surface area contributed by atoms with Gasteiger partial charge in [0.1, 0.15) is 0 Å². The molecule has 0 saturated carbocycles. The zero-order chi connectivity index (χ0) is 11.9. The SMILES string of the molecule is CCCC/C=C/CC/C=C/CCCCCC. The molecule has 0 aliphatic carbocycles. The van der Waals surface area contributed by atoms with E-state index in [-0.39, 0.29) is 0 Å². The molecule has 0 spiro atoms. The first-order chi connectivity index (χ1) is 7.91. The van der Waals surface area contributed by atoms with Crippen LogP contribution in [0.3, 0.4) is 0 Å². The van der Waals surface area contributed by atoms with E-state index in [1.54, 1.807) is 0 Å². The Morgan fingerprint density at radius 3 is 1.56 bits per heavy atom. The zero-order valence-electron chi connectivity index (χ0n) is 11.4. The molecule has 94 valence electrons. The molecule has 0 aromatic heterocycles. The van der Waals surface area contributed by atoms with E-state index in [4.69, 9.17) is 0 Å². The summed E-state index contributed by atoms with van der Waals surface area (Å²) in [6, 6.07) is 0. The zero-order valence-corrected chi connectivity index (χ0v) is 11.4. The van der Waals surface area contributed by atoms with Gasteiger partial charge in [0.25, 0.3) is 0 Å². The third-order valence-electron chi connectivity index (χ3n) is 2.78. The van der Waals surface area contributed by atoms with Crippen molar-refractivity contribution >= 4 is 0 Å². The first-order valence-electron chi connectivity index (χ1n) is 7.21. The predicted octanol–water partition coefficient (Wildman–Crippen LogP) is 6.04. The lowest BCUT2D eigenvalue weighted by molar-refractivity contribution is 0.674. The molecule has 0 aliphatic heterocycles. The second-order valence-electron chi connectivity index (χ2n) is 4.51. The van der Waals surface area contributed by atoms with E-state index in [0.29, 0.717) is 0 Å². The van der Waals surface area contributed by atoms with Crippen LogP contribution in [0.1, 0.15) is 78.1 Å². The Labute approximate surface area is 103 Å². The average molecular weight is 222 g/mol. The van der Waals surface area contributed by atoms with Crippen LogP contribution < -0.4 is 0 Å². The molecule has 0 rings (SSSR count). The normalized spacial score (nSPS) is 11.9. The van der Waals surface area contributed by atoms with Crippen molar-refractivity contribution in [3.05, 3.63) is 24.3 Å². The van der Waals surface area contributed by atoms with Crippen LogP contribution in [0.5, 0.6) is 0 Å². The van der Waals surface area contributed by atoms with E-state index in [1.807, 2.05) is 0 Å². The fourth-order valence-corrected chi connectivity index (χ4v) is 1.67. The van der Waals surface area contributed by atoms with E-state index in [0.717, 1.165) is 0 Å². The Morgan fingerprint density at radius 2 is 1.00 bits per heavy atom. The van der Waals surface area contributed by atoms with Gasteiger partial charge in [-0.2, -0.15) is 0 Å². The molecule has 0 heteroatoms. The molecule has 0 heterocycles. The van der Waals surface area contributed by atoms with Crippen LogP contribution in [0.25, 0.3) is 0 Å². The van der Waals surface area contributed by atoms with Gasteiger partial charge < -0.3 is 0 Å². The standard InChI is InChI=1S/C16H30/c1-3-5-7-9-11-13-15-16-14-12-10-8-6-4-2/h9,11,14,16H,3-8,10,12-13,15H2,1-2H3/b11-9+,16-14+. The van der Waals surface area contributed by atoms with Gasteiger partial charge in [-0.3, -0.25) is 0 Å². The summed E-state index contributed by atoms with van der Waals surface area (Å²) in [5, 5.41) is 0. The van der Waals surface area contributed by atoms with Crippen LogP contribution in [0.2, 0.25) is 0 Å². The molecule has 0 aromatic carbocycles. The molecule has 0 bridgehead atoms. The molecular weight excluding hydrogens is 192 g/mol. The summed E-state index contributed by atoms with van der Waals surface area (Å²) >= 11 is 0. The molecule has 0 fully saturated rings. The van der Waals surface area contributed by atoms with E-state index in [2.05, 4.69) is 38.2 Å². The van der Waals surface area contributed by atoms with Crippen molar-refractivity contribution in [2.75, 3.05) is 0 Å². The summed E-state index contributed by atoms with van der Waals surface area (Å²) < 4.78 is 0. The lowest BCUT2D eigenvalue weighted by atomic mass is 10.1. The van der Waals surface area contributed by atoms with Gasteiger partial charge >= 0.3 is 0 Å². The van der Waals surface area contributed by atoms with Crippen LogP contribution >= 0.6 is 0 Å². The van der Waals surface area contributed by atoms with Crippen molar-refractivity contribution < 1.29 is 0 Å². The van der Waals surface area contributed by atoms with Gasteiger partial charge in [0, 0.05) is 0 Å². The highest BCUT2D eigenvalue weighted by Crippen LogP contribution is 2.04. The molecule has 16 heavy (non-hydrogen) atoms. The molecule has 0 N–H and O–H groups in total. The highest BCUT2D eigenvalue weighted by Gasteiger charge is 1.84. The lowest BCUT2D eigenvalue weighted by Crippen LogP contribution is -1.74. The topological polar surface area (TPSA) is 0 Å². The summed E-state index contributed by atoms with van der Waals surface area (Å²) in [6.45, 7) is 4.51. The summed E-state index contributed by atoms with van der Waals surface area (Å²) in [6.07, 6.45) is 22.5. The maximum atomic E-state index is 2.36. The molecule has 0 amide bonds. The average Bonchev–Trinajstić information content (AvgIpc) is 2.31. The Kier molecular flexibility index (Phi) is 14.0. The van der Waals surface area contributed by atoms with Crippen LogP contribution in [0, 0.1) is 0 Å². The monoisotopic (exact) mass is 222 g/mol. The summed E-state index contributed by atoms with van der Waals surface area (Å²) in [4.78, 5) is 0. The van der Waals surface area contributed by atoms with Gasteiger partial charge in [0.15, 0.2) is 0 Å². The first-order valence-corrected chi connectivity index (χ1v) is 7.21. The maximum absolute atomic E-state index is 2.36. The van der Waals surface area contributed by atoms with Crippen molar-refractivity contribution in [1.29, 1.82) is 0 Å². The summed E-state index contributed by atoms with van der Waals surface area (Å²) in [5.74, 6) is 0. The van der Waals surface area contributed by atoms with Gasteiger partial charge in [0.05, 0.1) is 0 Å². The number of rotatable bonds is 11. The van der Waals surface area contributed by atoms with Crippen molar-refractivity contribution in [3.8, 4) is 0 Å². The molecule has 0 unspecified atom stereocenters. The fraction of sp³-hybridized carbons (Fsp3) is 0.750. The third kappa shape index (κ3) is 13.5. The fourth-order valence-electron chi connectivity index (χ4n) is 1.67. The molecule has 0 radical (unpaired) electrons. The van der Waals surface area contributed by atoms with Crippen molar-refractivity contribution in [1.82, 2.24) is 0 Å². The van der Waals surface area contributed by atoms with E-state index in [9.17, 15) is 0 Å². The molecule has 0 aromatic rings. The molecule has 0 nitrogen and oxygen atoms in total. The molecule has 0 atom stereocenters. The van der Waals surface area contributed by atoms with E-state index < -0.39 is 0 Å². The predicted molar refractivity (Wildman–Crippen MR) is 75.8 cm³/mol. The molecular formula is C16H30. The highest BCUT2D eigenvalue weighted by molar-refractivity contribution is 4.87. The smallest absolute Gasteiger partial charge is 0.0316 e. The quantitative estimate of drug-likeness (QED) is 0.295. The largest absolute Gasteiger partial charge is 0.0885 e. The Balaban J connectivity index is 3.12. The third-order valence-corrected chi connectivity index (χ3v) is 2.78. The minimum absolute atomic E-state index is 1.22. The Morgan fingerprint density at radius 1 is 0.500 bits per heavy atom. The lowest BCUT2D eigenvalue weighted by Gasteiger charge is -1.94. The van der Waals surface area contributed by atoms with E-state index >= 15 is 0 Å². The van der Waals surface area contributed by atoms with Crippen molar-refractivity contribution in [3.63, 3.8) is 0 Å². The van der Waals surface area contributed by atoms with Gasteiger partial charge in [-0.1, -0.05) is 70.3 Å². The molecule has 0 aliphatic rings. The highest BCUT2D eigenvalue weighted by atomic mass is 13.9. The maximum Gasteiger partial charge on any atom is -0.0316 e. The number of hydrogen-bond donors (Lipinski definition) is 0. The minimum Gasteiger partial charge on any atom is -0.0885 e.